The molecule has 0 spiro atoms. The lowest BCUT2D eigenvalue weighted by Crippen LogP contribution is -2.12. The lowest BCUT2D eigenvalue weighted by Gasteiger charge is -2.13. The fourth-order valence-electron chi connectivity index (χ4n) is 2.38. The molecule has 0 radical (unpaired) electrons. The quantitative estimate of drug-likeness (QED) is 0.521. The molecule has 1 aromatic rings. The lowest BCUT2D eigenvalue weighted by molar-refractivity contribution is 0.228. The number of rotatable bonds is 6. The number of benzene rings is 1. The van der Waals surface area contributed by atoms with Gasteiger partial charge < -0.3 is 9.47 Å². The van der Waals surface area contributed by atoms with Crippen molar-refractivity contribution in [3.8, 4) is 11.5 Å². The zero-order valence-electron chi connectivity index (χ0n) is 12.5. The number of ether oxygens (including phenoxy) is 2. The summed E-state index contributed by atoms with van der Waals surface area (Å²) in [6.45, 7) is 5.78. The van der Waals surface area contributed by atoms with Gasteiger partial charge in [0.05, 0.1) is 18.6 Å². The Balaban J connectivity index is 1.96. The topological polar surface area (TPSA) is 18.5 Å². The Labute approximate surface area is 127 Å². The number of fused-ring (bicyclic) bond motifs is 1. The van der Waals surface area contributed by atoms with Crippen molar-refractivity contribution >= 4 is 11.6 Å². The molecule has 1 aliphatic heterocycles. The normalized spacial score (nSPS) is 19.4. The van der Waals surface area contributed by atoms with Gasteiger partial charge in [-0.1, -0.05) is 45.6 Å². The molecule has 20 heavy (non-hydrogen) atoms. The van der Waals surface area contributed by atoms with Crippen molar-refractivity contribution in [2.24, 2.45) is 5.92 Å². The van der Waals surface area contributed by atoms with Crippen molar-refractivity contribution in [1.29, 1.82) is 0 Å². The minimum Gasteiger partial charge on any atom is -0.489 e. The van der Waals surface area contributed by atoms with Crippen LogP contribution in [0.5, 0.6) is 11.5 Å². The van der Waals surface area contributed by atoms with Crippen LogP contribution in [-0.2, 0) is 0 Å². The molecular formula is C17H25ClO2. The molecule has 3 heteroatoms. The Morgan fingerprint density at radius 2 is 1.90 bits per heavy atom. The van der Waals surface area contributed by atoms with Gasteiger partial charge in [0.1, 0.15) is 0 Å². The summed E-state index contributed by atoms with van der Waals surface area (Å²) in [5.74, 6) is 2.10. The summed E-state index contributed by atoms with van der Waals surface area (Å²) in [5, 5.41) is 0.0708. The first-order valence-electron chi connectivity index (χ1n) is 7.74. The Morgan fingerprint density at radius 1 is 1.15 bits per heavy atom. The van der Waals surface area contributed by atoms with Crippen molar-refractivity contribution in [2.45, 2.75) is 51.3 Å². The summed E-state index contributed by atoms with van der Waals surface area (Å²) in [6.07, 6.45) is 6.03. The van der Waals surface area contributed by atoms with Gasteiger partial charge in [0.25, 0.3) is 0 Å². The highest BCUT2D eigenvalue weighted by atomic mass is 35.5. The molecule has 0 fully saturated rings. The van der Waals surface area contributed by atoms with E-state index in [4.69, 9.17) is 21.1 Å². The zero-order valence-corrected chi connectivity index (χ0v) is 13.3. The first-order valence-corrected chi connectivity index (χ1v) is 8.18. The van der Waals surface area contributed by atoms with E-state index < -0.39 is 0 Å². The Kier molecular flexibility index (Phi) is 6.03. The summed E-state index contributed by atoms with van der Waals surface area (Å²) in [4.78, 5) is 0. The van der Waals surface area contributed by atoms with Crippen LogP contribution in [0.2, 0.25) is 0 Å². The molecule has 0 saturated carbocycles. The van der Waals surface area contributed by atoms with E-state index in [0.717, 1.165) is 23.5 Å². The van der Waals surface area contributed by atoms with Gasteiger partial charge in [0.2, 0.25) is 0 Å². The lowest BCUT2D eigenvalue weighted by atomic mass is 10.0. The van der Waals surface area contributed by atoms with E-state index in [0.29, 0.717) is 19.1 Å². The Hall–Kier alpha value is -0.890. The number of halogens is 1. The van der Waals surface area contributed by atoms with Gasteiger partial charge in [-0.15, -0.1) is 11.6 Å². The second-order valence-electron chi connectivity index (χ2n) is 5.75. The fraction of sp³-hybridized carbons (Fsp3) is 0.647. The number of hydrogen-bond acceptors (Lipinski definition) is 2. The van der Waals surface area contributed by atoms with Crippen LogP contribution in [0, 0.1) is 5.92 Å². The first kappa shape index (κ1) is 15.5. The molecule has 0 aromatic heterocycles. The smallest absolute Gasteiger partial charge is 0.161 e. The highest BCUT2D eigenvalue weighted by molar-refractivity contribution is 6.20. The van der Waals surface area contributed by atoms with Crippen LogP contribution >= 0.6 is 11.6 Å². The van der Waals surface area contributed by atoms with E-state index in [1.54, 1.807) is 0 Å². The predicted octanol–water partition coefficient (Wildman–Crippen LogP) is 5.34. The van der Waals surface area contributed by atoms with Crippen LogP contribution < -0.4 is 9.47 Å². The first-order chi connectivity index (χ1) is 9.70. The molecule has 2 rings (SSSR count). The van der Waals surface area contributed by atoms with Gasteiger partial charge in [-0.25, -0.2) is 0 Å². The third-order valence-corrected chi connectivity index (χ3v) is 4.16. The van der Waals surface area contributed by atoms with E-state index in [-0.39, 0.29) is 5.38 Å². The van der Waals surface area contributed by atoms with Crippen LogP contribution in [0.4, 0.5) is 0 Å². The second kappa shape index (κ2) is 7.78. The summed E-state index contributed by atoms with van der Waals surface area (Å²) >= 11 is 6.50. The number of unbranched alkanes of at least 4 members (excludes halogenated alkanes) is 3. The highest BCUT2D eigenvalue weighted by Gasteiger charge is 2.17. The maximum atomic E-state index is 6.50. The second-order valence-corrected chi connectivity index (χ2v) is 6.28. The van der Waals surface area contributed by atoms with Gasteiger partial charge in [0, 0.05) is 5.92 Å². The van der Waals surface area contributed by atoms with E-state index in [2.05, 4.69) is 19.9 Å². The highest BCUT2D eigenvalue weighted by Crippen LogP contribution is 2.36. The molecule has 2 atom stereocenters. The van der Waals surface area contributed by atoms with Crippen LogP contribution in [0.15, 0.2) is 18.2 Å². The third kappa shape index (κ3) is 4.31. The average Bonchev–Trinajstić information content (AvgIpc) is 2.65. The summed E-state index contributed by atoms with van der Waals surface area (Å²) < 4.78 is 11.6. The SMILES string of the molecule is CCCCCCC(Cl)c1ccc2c(c1)OCC(C)CO2. The summed E-state index contributed by atoms with van der Waals surface area (Å²) in [5.41, 5.74) is 1.14. The van der Waals surface area contributed by atoms with Crippen molar-refractivity contribution in [3.63, 3.8) is 0 Å². The minimum atomic E-state index is 0.0708. The summed E-state index contributed by atoms with van der Waals surface area (Å²) in [6, 6.07) is 6.10. The molecule has 2 unspecified atom stereocenters. The third-order valence-electron chi connectivity index (χ3n) is 3.69. The van der Waals surface area contributed by atoms with Gasteiger partial charge in [0.15, 0.2) is 11.5 Å². The van der Waals surface area contributed by atoms with Crippen LogP contribution in [0.1, 0.15) is 56.9 Å². The van der Waals surface area contributed by atoms with Gasteiger partial charge in [-0.2, -0.15) is 0 Å². The van der Waals surface area contributed by atoms with E-state index >= 15 is 0 Å². The maximum absolute atomic E-state index is 6.50. The summed E-state index contributed by atoms with van der Waals surface area (Å²) in [7, 11) is 0. The van der Waals surface area contributed by atoms with Crippen molar-refractivity contribution in [1.82, 2.24) is 0 Å². The molecule has 2 nitrogen and oxygen atoms in total. The number of hydrogen-bond donors (Lipinski definition) is 0. The maximum Gasteiger partial charge on any atom is 0.161 e. The standard InChI is InChI=1S/C17H25ClO2/c1-3-4-5-6-7-15(18)14-8-9-16-17(10-14)20-12-13(2)11-19-16/h8-10,13,15H,3-7,11-12H2,1-2H3. The fourth-order valence-corrected chi connectivity index (χ4v) is 2.67. The molecule has 0 aliphatic carbocycles. The van der Waals surface area contributed by atoms with Gasteiger partial charge in [-0.3, -0.25) is 0 Å². The molecule has 112 valence electrons. The average molecular weight is 297 g/mol. The van der Waals surface area contributed by atoms with Crippen molar-refractivity contribution < 1.29 is 9.47 Å². The Bertz CT molecular complexity index is 419. The van der Waals surface area contributed by atoms with E-state index in [1.807, 2.05) is 12.1 Å². The van der Waals surface area contributed by atoms with Crippen LogP contribution in [0.3, 0.4) is 0 Å². The van der Waals surface area contributed by atoms with Gasteiger partial charge >= 0.3 is 0 Å². The van der Waals surface area contributed by atoms with Crippen LogP contribution in [-0.4, -0.2) is 13.2 Å². The van der Waals surface area contributed by atoms with Gasteiger partial charge in [-0.05, 0) is 24.1 Å². The van der Waals surface area contributed by atoms with Crippen molar-refractivity contribution in [2.75, 3.05) is 13.2 Å². The molecule has 0 amide bonds. The Morgan fingerprint density at radius 3 is 2.65 bits per heavy atom. The van der Waals surface area contributed by atoms with Crippen molar-refractivity contribution in [3.05, 3.63) is 23.8 Å². The van der Waals surface area contributed by atoms with E-state index in [1.165, 1.54) is 25.7 Å². The molecule has 1 heterocycles. The van der Waals surface area contributed by atoms with E-state index in [9.17, 15) is 0 Å². The molecule has 1 aromatic carbocycles. The largest absolute Gasteiger partial charge is 0.489 e. The number of alkyl halides is 1. The molecule has 1 aliphatic rings. The molecule has 0 saturated heterocycles. The molecular weight excluding hydrogens is 272 g/mol. The molecule has 0 N–H and O–H groups in total. The molecule has 0 bridgehead atoms. The monoisotopic (exact) mass is 296 g/mol. The predicted molar refractivity (Wildman–Crippen MR) is 83.9 cm³/mol. The minimum absolute atomic E-state index is 0.0708. The van der Waals surface area contributed by atoms with Crippen LogP contribution in [0.25, 0.3) is 0 Å². The zero-order chi connectivity index (χ0) is 14.4.